The monoisotopic (exact) mass is 295 g/mol. The molecule has 6 heteroatoms. The molecule has 0 saturated carbocycles. The Morgan fingerprint density at radius 3 is 3.10 bits per heavy atom. The van der Waals surface area contributed by atoms with Crippen molar-refractivity contribution in [3.8, 4) is 6.07 Å². The maximum atomic E-state index is 9.11. The second-order valence-electron chi connectivity index (χ2n) is 5.42. The Morgan fingerprint density at radius 2 is 2.33 bits per heavy atom. The normalized spacial score (nSPS) is 17.0. The summed E-state index contributed by atoms with van der Waals surface area (Å²) in [6, 6.07) is 8.25. The summed E-state index contributed by atoms with van der Waals surface area (Å²) in [5.74, 6) is 0. The Kier molecular flexibility index (Phi) is 2.77. The molecule has 104 valence electrons. The third kappa shape index (κ3) is 1.94. The SMILES string of the molecule is N#Cc1ccc2c(c1)c1c(n2Cc2cnsn2)CC(N)C1. The smallest absolute Gasteiger partial charge is 0.0991 e. The van der Waals surface area contributed by atoms with Crippen LogP contribution in [0.3, 0.4) is 0 Å². The van der Waals surface area contributed by atoms with Gasteiger partial charge in [0.15, 0.2) is 0 Å². The molecule has 0 amide bonds. The van der Waals surface area contributed by atoms with Crippen LogP contribution in [0.15, 0.2) is 24.4 Å². The molecule has 0 saturated heterocycles. The molecule has 2 aromatic heterocycles. The van der Waals surface area contributed by atoms with Gasteiger partial charge in [-0.25, -0.2) is 0 Å². The van der Waals surface area contributed by atoms with Gasteiger partial charge >= 0.3 is 0 Å². The van der Waals surface area contributed by atoms with Crippen LogP contribution in [0.25, 0.3) is 10.9 Å². The van der Waals surface area contributed by atoms with E-state index in [0.717, 1.165) is 29.4 Å². The average molecular weight is 295 g/mol. The quantitative estimate of drug-likeness (QED) is 0.782. The van der Waals surface area contributed by atoms with Crippen LogP contribution in [-0.2, 0) is 19.4 Å². The van der Waals surface area contributed by atoms with E-state index in [1.54, 1.807) is 6.20 Å². The number of nitrogens with two attached hydrogens (primary N) is 1. The fourth-order valence-corrected chi connectivity index (χ4v) is 3.61. The molecule has 1 aliphatic rings. The molecule has 0 bridgehead atoms. The first kappa shape index (κ1) is 12.5. The van der Waals surface area contributed by atoms with Gasteiger partial charge in [0.2, 0.25) is 0 Å². The topological polar surface area (TPSA) is 80.5 Å². The number of aromatic nitrogens is 3. The molecule has 4 rings (SSSR count). The molecule has 0 aliphatic heterocycles. The lowest BCUT2D eigenvalue weighted by molar-refractivity contribution is 0.684. The molecular weight excluding hydrogens is 282 g/mol. The highest BCUT2D eigenvalue weighted by molar-refractivity contribution is 6.99. The second-order valence-corrected chi connectivity index (χ2v) is 5.98. The van der Waals surface area contributed by atoms with Gasteiger partial charge in [-0.15, -0.1) is 0 Å². The predicted molar refractivity (Wildman–Crippen MR) is 81.0 cm³/mol. The standard InChI is InChI=1S/C15H13N5S/c16-6-9-1-2-14-12(3-9)13-4-10(17)5-15(13)20(14)8-11-7-18-21-19-11/h1-3,7,10H,4-5,8,17H2. The highest BCUT2D eigenvalue weighted by Gasteiger charge is 2.26. The molecule has 0 radical (unpaired) electrons. The van der Waals surface area contributed by atoms with Gasteiger partial charge in [0.1, 0.15) is 0 Å². The minimum atomic E-state index is 0.171. The maximum Gasteiger partial charge on any atom is 0.0991 e. The van der Waals surface area contributed by atoms with Crippen molar-refractivity contribution < 1.29 is 0 Å². The molecule has 1 unspecified atom stereocenters. The van der Waals surface area contributed by atoms with Crippen LogP contribution in [0, 0.1) is 11.3 Å². The highest BCUT2D eigenvalue weighted by atomic mass is 32.1. The van der Waals surface area contributed by atoms with E-state index >= 15 is 0 Å². The Labute approximate surface area is 126 Å². The van der Waals surface area contributed by atoms with E-state index in [4.69, 9.17) is 11.0 Å². The fourth-order valence-electron chi connectivity index (χ4n) is 3.19. The van der Waals surface area contributed by atoms with E-state index in [1.807, 2.05) is 18.2 Å². The maximum absolute atomic E-state index is 9.11. The first-order valence-corrected chi connectivity index (χ1v) is 7.55. The van der Waals surface area contributed by atoms with Gasteiger partial charge in [-0.05, 0) is 30.2 Å². The summed E-state index contributed by atoms with van der Waals surface area (Å²) < 4.78 is 10.6. The van der Waals surface area contributed by atoms with Gasteiger partial charge in [0.05, 0.1) is 41.8 Å². The van der Waals surface area contributed by atoms with Crippen LogP contribution in [0.4, 0.5) is 0 Å². The van der Waals surface area contributed by atoms with Crippen LogP contribution in [0.5, 0.6) is 0 Å². The predicted octanol–water partition coefficient (Wildman–Crippen LogP) is 1.84. The first-order chi connectivity index (χ1) is 10.3. The van der Waals surface area contributed by atoms with Crippen molar-refractivity contribution in [3.05, 3.63) is 46.9 Å². The van der Waals surface area contributed by atoms with Gasteiger partial charge in [-0.2, -0.15) is 14.0 Å². The van der Waals surface area contributed by atoms with Crippen LogP contribution >= 0.6 is 11.7 Å². The highest BCUT2D eigenvalue weighted by Crippen LogP contribution is 2.33. The van der Waals surface area contributed by atoms with E-state index in [0.29, 0.717) is 12.1 Å². The molecule has 2 N–H and O–H groups in total. The number of nitrogens with zero attached hydrogens (tertiary/aromatic N) is 4. The Bertz CT molecular complexity index is 856. The lowest BCUT2D eigenvalue weighted by Crippen LogP contribution is -2.20. The van der Waals surface area contributed by atoms with Crippen molar-refractivity contribution in [1.82, 2.24) is 13.3 Å². The van der Waals surface area contributed by atoms with E-state index in [2.05, 4.69) is 19.4 Å². The molecule has 0 fully saturated rings. The van der Waals surface area contributed by atoms with Gasteiger partial charge in [0, 0.05) is 29.1 Å². The molecule has 0 spiro atoms. The summed E-state index contributed by atoms with van der Waals surface area (Å²) in [5.41, 5.74) is 11.5. The third-order valence-corrected chi connectivity index (χ3v) is 4.58. The molecule has 1 aromatic carbocycles. The third-order valence-electron chi connectivity index (χ3n) is 4.06. The van der Waals surface area contributed by atoms with E-state index in [1.165, 1.54) is 23.0 Å². The van der Waals surface area contributed by atoms with Crippen molar-refractivity contribution >= 4 is 22.6 Å². The number of fused-ring (bicyclic) bond motifs is 3. The first-order valence-electron chi connectivity index (χ1n) is 6.82. The number of hydrogen-bond donors (Lipinski definition) is 1. The number of hydrogen-bond acceptors (Lipinski definition) is 5. The van der Waals surface area contributed by atoms with Crippen LogP contribution in [-0.4, -0.2) is 19.4 Å². The molecule has 5 nitrogen and oxygen atoms in total. The Hall–Kier alpha value is -2.23. The number of benzene rings is 1. The summed E-state index contributed by atoms with van der Waals surface area (Å²) in [6.07, 6.45) is 3.56. The van der Waals surface area contributed by atoms with Gasteiger partial charge in [-0.3, -0.25) is 0 Å². The minimum absolute atomic E-state index is 0.171. The average Bonchev–Trinajstić information content (AvgIpc) is 3.18. The molecule has 1 atom stereocenters. The van der Waals surface area contributed by atoms with Crippen molar-refractivity contribution in [2.24, 2.45) is 5.73 Å². The van der Waals surface area contributed by atoms with Gasteiger partial charge in [-0.1, -0.05) is 0 Å². The van der Waals surface area contributed by atoms with Crippen LogP contribution in [0.1, 0.15) is 22.5 Å². The summed E-state index contributed by atoms with van der Waals surface area (Å²) in [7, 11) is 0. The lowest BCUT2D eigenvalue weighted by Gasteiger charge is -2.09. The van der Waals surface area contributed by atoms with Gasteiger partial charge in [0.25, 0.3) is 0 Å². The zero-order valence-corrected chi connectivity index (χ0v) is 12.1. The number of rotatable bonds is 2. The van der Waals surface area contributed by atoms with Crippen molar-refractivity contribution in [1.29, 1.82) is 5.26 Å². The van der Waals surface area contributed by atoms with Gasteiger partial charge < -0.3 is 10.3 Å². The zero-order valence-electron chi connectivity index (χ0n) is 11.3. The van der Waals surface area contributed by atoms with E-state index < -0.39 is 0 Å². The van der Waals surface area contributed by atoms with Crippen molar-refractivity contribution in [2.75, 3.05) is 0 Å². The van der Waals surface area contributed by atoms with Crippen molar-refractivity contribution in [2.45, 2.75) is 25.4 Å². The zero-order chi connectivity index (χ0) is 14.4. The summed E-state index contributed by atoms with van der Waals surface area (Å²) in [6.45, 7) is 0.709. The van der Waals surface area contributed by atoms with Crippen LogP contribution < -0.4 is 5.73 Å². The largest absolute Gasteiger partial charge is 0.338 e. The molecule has 2 heterocycles. The van der Waals surface area contributed by atoms with Crippen molar-refractivity contribution in [3.63, 3.8) is 0 Å². The molecular formula is C15H13N5S. The molecule has 1 aliphatic carbocycles. The summed E-state index contributed by atoms with van der Waals surface area (Å²) in [5, 5.41) is 10.3. The fraction of sp³-hybridized carbons (Fsp3) is 0.267. The van der Waals surface area contributed by atoms with E-state index in [-0.39, 0.29) is 6.04 Å². The molecule has 21 heavy (non-hydrogen) atoms. The van der Waals surface area contributed by atoms with Crippen LogP contribution in [0.2, 0.25) is 0 Å². The summed E-state index contributed by atoms with van der Waals surface area (Å²) >= 11 is 1.23. The molecule has 3 aromatic rings. The van der Waals surface area contributed by atoms with E-state index in [9.17, 15) is 0 Å². The summed E-state index contributed by atoms with van der Waals surface area (Å²) in [4.78, 5) is 0. The second kappa shape index (κ2) is 4.65. The Balaban J connectivity index is 1.93. The Morgan fingerprint density at radius 1 is 1.43 bits per heavy atom. The minimum Gasteiger partial charge on any atom is -0.338 e. The lowest BCUT2D eigenvalue weighted by atomic mass is 10.1. The number of nitriles is 1.